The molecule has 3 aromatic rings. The van der Waals surface area contributed by atoms with Crippen molar-refractivity contribution in [3.63, 3.8) is 0 Å². The summed E-state index contributed by atoms with van der Waals surface area (Å²) in [6.07, 6.45) is 4.17. The number of anilines is 1. The molecule has 0 saturated carbocycles. The molecule has 0 radical (unpaired) electrons. The summed E-state index contributed by atoms with van der Waals surface area (Å²) in [6.45, 7) is 3.87. The molecule has 3 rings (SSSR count). The number of pyridine rings is 1. The van der Waals surface area contributed by atoms with Crippen molar-refractivity contribution in [3.8, 4) is 5.75 Å². The standard InChI is InChI=1S/C15H15N3OS.2ClH/c1-8-9(2)13(19)11(6-10-4-3-5-17-7-10)14-12(8)18-15(16)20-14;;/h3-5,7,19H,6H2,1-2H3,(H2,16,18);2*1H. The lowest BCUT2D eigenvalue weighted by Gasteiger charge is -2.11. The molecule has 2 heterocycles. The highest BCUT2D eigenvalue weighted by molar-refractivity contribution is 7.22. The average molecular weight is 358 g/mol. The Morgan fingerprint density at radius 3 is 2.59 bits per heavy atom. The number of hydrogen-bond donors (Lipinski definition) is 2. The van der Waals surface area contributed by atoms with Crippen molar-refractivity contribution in [1.29, 1.82) is 0 Å². The second kappa shape index (κ2) is 7.13. The van der Waals surface area contributed by atoms with Gasteiger partial charge in [0.05, 0.1) is 10.2 Å². The molecule has 22 heavy (non-hydrogen) atoms. The number of nitrogen functional groups attached to an aromatic ring is 1. The predicted octanol–water partition coefficient (Wildman–Crippen LogP) is 4.03. The first kappa shape index (κ1) is 18.5. The number of nitrogens with zero attached hydrogens (tertiary/aromatic N) is 2. The topological polar surface area (TPSA) is 72.0 Å². The second-order valence-corrected chi connectivity index (χ2v) is 5.88. The molecule has 0 unspecified atom stereocenters. The van der Waals surface area contributed by atoms with Gasteiger partial charge in [-0.15, -0.1) is 24.8 Å². The summed E-state index contributed by atoms with van der Waals surface area (Å²) in [6, 6.07) is 3.89. The number of phenols is 1. The van der Waals surface area contributed by atoms with Gasteiger partial charge in [0.25, 0.3) is 0 Å². The van der Waals surface area contributed by atoms with E-state index in [1.165, 1.54) is 11.3 Å². The number of aromatic nitrogens is 2. The summed E-state index contributed by atoms with van der Waals surface area (Å²) in [5, 5.41) is 11.0. The van der Waals surface area contributed by atoms with E-state index in [9.17, 15) is 5.11 Å². The number of aromatic hydroxyl groups is 1. The molecule has 0 aliphatic rings. The molecule has 2 aromatic heterocycles. The zero-order valence-electron chi connectivity index (χ0n) is 12.2. The maximum absolute atomic E-state index is 10.5. The molecule has 4 nitrogen and oxygen atoms in total. The summed E-state index contributed by atoms with van der Waals surface area (Å²) < 4.78 is 0.965. The Morgan fingerprint density at radius 2 is 1.95 bits per heavy atom. The van der Waals surface area contributed by atoms with Gasteiger partial charge in [0.2, 0.25) is 0 Å². The Morgan fingerprint density at radius 1 is 1.23 bits per heavy atom. The van der Waals surface area contributed by atoms with Crippen LogP contribution in [0.5, 0.6) is 5.75 Å². The molecule has 0 saturated heterocycles. The lowest BCUT2D eigenvalue weighted by atomic mass is 9.98. The summed E-state index contributed by atoms with van der Waals surface area (Å²) in [5.41, 5.74) is 10.5. The van der Waals surface area contributed by atoms with Crippen LogP contribution < -0.4 is 5.73 Å². The minimum absolute atomic E-state index is 0. The Bertz CT molecular complexity index is 791. The molecule has 1 aromatic carbocycles. The van der Waals surface area contributed by atoms with Gasteiger partial charge in [0.1, 0.15) is 5.75 Å². The van der Waals surface area contributed by atoms with E-state index < -0.39 is 0 Å². The molecular weight excluding hydrogens is 341 g/mol. The largest absolute Gasteiger partial charge is 0.507 e. The Kier molecular flexibility index (Phi) is 6.00. The normalized spacial score (nSPS) is 10.1. The van der Waals surface area contributed by atoms with Crippen molar-refractivity contribution in [2.45, 2.75) is 20.3 Å². The number of aryl methyl sites for hydroxylation is 1. The number of nitrogens with two attached hydrogens (primary N) is 1. The third-order valence-electron chi connectivity index (χ3n) is 3.58. The first-order chi connectivity index (χ1) is 9.58. The highest BCUT2D eigenvalue weighted by Gasteiger charge is 2.17. The highest BCUT2D eigenvalue weighted by atomic mass is 35.5. The Hall–Kier alpha value is -1.56. The number of hydrogen-bond acceptors (Lipinski definition) is 5. The van der Waals surface area contributed by atoms with Crippen molar-refractivity contribution in [2.24, 2.45) is 0 Å². The van der Waals surface area contributed by atoms with Gasteiger partial charge >= 0.3 is 0 Å². The lowest BCUT2D eigenvalue weighted by Crippen LogP contribution is -1.95. The van der Waals surface area contributed by atoms with Gasteiger partial charge in [-0.3, -0.25) is 4.98 Å². The molecule has 0 spiro atoms. The summed E-state index contributed by atoms with van der Waals surface area (Å²) in [7, 11) is 0. The van der Waals surface area contributed by atoms with Gasteiger partial charge < -0.3 is 10.8 Å². The van der Waals surface area contributed by atoms with E-state index in [1.807, 2.05) is 32.2 Å². The first-order valence-electron chi connectivity index (χ1n) is 6.34. The van der Waals surface area contributed by atoms with E-state index >= 15 is 0 Å². The molecular formula is C15H17Cl2N3OS. The van der Waals surface area contributed by atoms with Crippen LogP contribution >= 0.6 is 36.2 Å². The molecule has 0 atom stereocenters. The molecule has 0 bridgehead atoms. The minimum Gasteiger partial charge on any atom is -0.507 e. The smallest absolute Gasteiger partial charge is 0.181 e. The zero-order chi connectivity index (χ0) is 14.3. The molecule has 0 aliphatic carbocycles. The average Bonchev–Trinajstić information content (AvgIpc) is 2.84. The van der Waals surface area contributed by atoms with Crippen molar-refractivity contribution >= 4 is 51.5 Å². The van der Waals surface area contributed by atoms with Crippen molar-refractivity contribution in [3.05, 3.63) is 46.8 Å². The van der Waals surface area contributed by atoms with E-state index in [1.54, 1.807) is 6.20 Å². The van der Waals surface area contributed by atoms with Crippen molar-refractivity contribution in [2.75, 3.05) is 5.73 Å². The molecule has 7 heteroatoms. The third-order valence-corrected chi connectivity index (χ3v) is 4.52. The summed E-state index contributed by atoms with van der Waals surface area (Å²) >= 11 is 1.42. The van der Waals surface area contributed by atoms with E-state index in [0.717, 1.165) is 32.5 Å². The quantitative estimate of drug-likeness (QED) is 0.726. The molecule has 0 amide bonds. The fourth-order valence-corrected chi connectivity index (χ4v) is 3.29. The third kappa shape index (κ3) is 3.11. The van der Waals surface area contributed by atoms with Gasteiger partial charge in [-0.1, -0.05) is 17.4 Å². The van der Waals surface area contributed by atoms with Crippen LogP contribution in [0.3, 0.4) is 0 Å². The highest BCUT2D eigenvalue weighted by Crippen LogP contribution is 2.39. The van der Waals surface area contributed by atoms with Gasteiger partial charge in [-0.25, -0.2) is 4.98 Å². The van der Waals surface area contributed by atoms with E-state index in [-0.39, 0.29) is 24.8 Å². The Balaban J connectivity index is 0.00000121. The fraction of sp³-hybridized carbons (Fsp3) is 0.200. The van der Waals surface area contributed by atoms with Crippen LogP contribution in [0.4, 0.5) is 5.13 Å². The molecule has 3 N–H and O–H groups in total. The number of fused-ring (bicyclic) bond motifs is 1. The van der Waals surface area contributed by atoms with Crippen LogP contribution in [0.1, 0.15) is 22.3 Å². The summed E-state index contributed by atoms with van der Waals surface area (Å²) in [5.74, 6) is 0.336. The number of thiazole rings is 1. The van der Waals surface area contributed by atoms with E-state index in [0.29, 0.717) is 17.3 Å². The van der Waals surface area contributed by atoms with Crippen LogP contribution in [0.25, 0.3) is 10.2 Å². The molecule has 0 fully saturated rings. The summed E-state index contributed by atoms with van der Waals surface area (Å²) in [4.78, 5) is 8.50. The van der Waals surface area contributed by atoms with Crippen LogP contribution in [0.2, 0.25) is 0 Å². The number of phenolic OH excluding ortho intramolecular Hbond substituents is 1. The van der Waals surface area contributed by atoms with Gasteiger partial charge in [-0.05, 0) is 36.6 Å². The number of rotatable bonds is 2. The van der Waals surface area contributed by atoms with Crippen LogP contribution in [0.15, 0.2) is 24.5 Å². The maximum Gasteiger partial charge on any atom is 0.181 e. The first-order valence-corrected chi connectivity index (χ1v) is 7.15. The van der Waals surface area contributed by atoms with Gasteiger partial charge in [0, 0.05) is 24.4 Å². The monoisotopic (exact) mass is 357 g/mol. The minimum atomic E-state index is 0. The fourth-order valence-electron chi connectivity index (χ4n) is 2.36. The molecule has 0 aliphatic heterocycles. The Labute approximate surface area is 145 Å². The van der Waals surface area contributed by atoms with Crippen LogP contribution in [-0.2, 0) is 6.42 Å². The zero-order valence-corrected chi connectivity index (χ0v) is 14.6. The lowest BCUT2D eigenvalue weighted by molar-refractivity contribution is 0.466. The van der Waals surface area contributed by atoms with E-state index in [4.69, 9.17) is 5.73 Å². The van der Waals surface area contributed by atoms with Crippen LogP contribution in [-0.4, -0.2) is 15.1 Å². The SMILES string of the molecule is Cc1c(O)c(Cc2cccnc2)c2sc(N)nc2c1C.Cl.Cl. The van der Waals surface area contributed by atoms with Gasteiger partial charge in [-0.2, -0.15) is 0 Å². The van der Waals surface area contributed by atoms with Crippen molar-refractivity contribution < 1.29 is 5.11 Å². The van der Waals surface area contributed by atoms with Crippen molar-refractivity contribution in [1.82, 2.24) is 9.97 Å². The number of benzene rings is 1. The van der Waals surface area contributed by atoms with E-state index in [2.05, 4.69) is 9.97 Å². The second-order valence-electron chi connectivity index (χ2n) is 4.85. The predicted molar refractivity (Wildman–Crippen MR) is 96.7 cm³/mol. The van der Waals surface area contributed by atoms with Crippen LogP contribution in [0, 0.1) is 13.8 Å². The number of halogens is 2. The van der Waals surface area contributed by atoms with Gasteiger partial charge in [0.15, 0.2) is 5.13 Å². The maximum atomic E-state index is 10.5. The molecule has 118 valence electrons.